The topological polar surface area (TPSA) is 95.1 Å². The zero-order chi connectivity index (χ0) is 20.8. The standard InChI is InChI=1S/C20H25N5O3S/c1-5-16(19(26)21-17-12-14(3)28-24-17)29-20-23-22-18(25(20)9-10-27-4)15-8-6-7-13(2)11-15/h6-8,11-12,16H,5,9-10H2,1-4H3,(H,21,24,26). The Morgan fingerprint density at radius 1 is 1.31 bits per heavy atom. The van der Waals surface area contributed by atoms with E-state index in [9.17, 15) is 4.79 Å². The number of carbonyl (C=O) groups excluding carboxylic acids is 1. The summed E-state index contributed by atoms with van der Waals surface area (Å²) in [5.74, 6) is 1.66. The average molecular weight is 416 g/mol. The predicted molar refractivity (Wildman–Crippen MR) is 112 cm³/mol. The van der Waals surface area contributed by atoms with Gasteiger partial charge in [-0.2, -0.15) is 0 Å². The van der Waals surface area contributed by atoms with Gasteiger partial charge in [0, 0.05) is 18.7 Å². The van der Waals surface area contributed by atoms with Crippen molar-refractivity contribution >= 4 is 23.5 Å². The van der Waals surface area contributed by atoms with E-state index in [1.807, 2.05) is 36.6 Å². The van der Waals surface area contributed by atoms with Crippen LogP contribution < -0.4 is 5.32 Å². The summed E-state index contributed by atoms with van der Waals surface area (Å²) < 4.78 is 12.3. The third-order valence-electron chi connectivity index (χ3n) is 4.30. The molecule has 1 amide bonds. The Balaban J connectivity index is 1.83. The third-order valence-corrected chi connectivity index (χ3v) is 5.65. The van der Waals surface area contributed by atoms with Gasteiger partial charge in [0.2, 0.25) is 5.91 Å². The number of amides is 1. The number of anilines is 1. The van der Waals surface area contributed by atoms with Gasteiger partial charge < -0.3 is 14.6 Å². The number of thioether (sulfide) groups is 1. The van der Waals surface area contributed by atoms with E-state index < -0.39 is 0 Å². The van der Waals surface area contributed by atoms with Crippen LogP contribution in [0.4, 0.5) is 5.82 Å². The molecule has 0 radical (unpaired) electrons. The van der Waals surface area contributed by atoms with E-state index in [1.54, 1.807) is 20.1 Å². The van der Waals surface area contributed by atoms with Gasteiger partial charge in [-0.15, -0.1) is 10.2 Å². The molecular formula is C20H25N5O3S. The van der Waals surface area contributed by atoms with Crippen molar-refractivity contribution in [1.82, 2.24) is 19.9 Å². The van der Waals surface area contributed by atoms with Crippen LogP contribution in [0.3, 0.4) is 0 Å². The van der Waals surface area contributed by atoms with Gasteiger partial charge in [0.15, 0.2) is 16.8 Å². The maximum atomic E-state index is 12.7. The number of aromatic nitrogens is 4. The lowest BCUT2D eigenvalue weighted by Crippen LogP contribution is -2.25. The van der Waals surface area contributed by atoms with Crippen molar-refractivity contribution in [1.29, 1.82) is 0 Å². The van der Waals surface area contributed by atoms with E-state index in [0.29, 0.717) is 36.3 Å². The molecule has 1 unspecified atom stereocenters. The van der Waals surface area contributed by atoms with Crippen molar-refractivity contribution in [2.75, 3.05) is 19.0 Å². The molecule has 0 saturated heterocycles. The maximum absolute atomic E-state index is 12.7. The number of nitrogens with one attached hydrogen (secondary N) is 1. The molecule has 0 saturated carbocycles. The van der Waals surface area contributed by atoms with Crippen LogP contribution in [0.25, 0.3) is 11.4 Å². The number of aryl methyl sites for hydroxylation is 2. The Bertz CT molecular complexity index is 969. The first-order valence-corrected chi connectivity index (χ1v) is 10.3. The molecule has 29 heavy (non-hydrogen) atoms. The van der Waals surface area contributed by atoms with Crippen LogP contribution in [0.15, 0.2) is 40.0 Å². The Morgan fingerprint density at radius 2 is 2.14 bits per heavy atom. The lowest BCUT2D eigenvalue weighted by molar-refractivity contribution is -0.115. The van der Waals surface area contributed by atoms with Crippen LogP contribution in [-0.2, 0) is 16.1 Å². The molecule has 3 rings (SSSR count). The fraction of sp³-hybridized carbons (Fsp3) is 0.400. The zero-order valence-electron chi connectivity index (χ0n) is 17.0. The van der Waals surface area contributed by atoms with Crippen LogP contribution in [-0.4, -0.2) is 44.8 Å². The van der Waals surface area contributed by atoms with E-state index in [1.165, 1.54) is 11.8 Å². The molecule has 1 aromatic carbocycles. The monoisotopic (exact) mass is 415 g/mol. The second kappa shape index (κ2) is 9.71. The molecule has 8 nitrogen and oxygen atoms in total. The fourth-order valence-electron chi connectivity index (χ4n) is 2.84. The zero-order valence-corrected chi connectivity index (χ0v) is 17.8. The molecule has 0 spiro atoms. The van der Waals surface area contributed by atoms with Crippen LogP contribution in [0.2, 0.25) is 0 Å². The molecule has 0 aliphatic rings. The lowest BCUT2D eigenvalue weighted by atomic mass is 10.1. The summed E-state index contributed by atoms with van der Waals surface area (Å²) >= 11 is 1.38. The molecule has 0 fully saturated rings. The lowest BCUT2D eigenvalue weighted by Gasteiger charge is -2.15. The van der Waals surface area contributed by atoms with Crippen LogP contribution in [0, 0.1) is 13.8 Å². The van der Waals surface area contributed by atoms with E-state index in [2.05, 4.69) is 26.7 Å². The van der Waals surface area contributed by atoms with E-state index >= 15 is 0 Å². The minimum atomic E-state index is -0.345. The number of nitrogens with zero attached hydrogens (tertiary/aromatic N) is 4. The van der Waals surface area contributed by atoms with Crippen molar-refractivity contribution in [2.24, 2.45) is 0 Å². The Labute approximate surface area is 174 Å². The van der Waals surface area contributed by atoms with Crippen molar-refractivity contribution < 1.29 is 14.1 Å². The molecule has 154 valence electrons. The highest BCUT2D eigenvalue weighted by atomic mass is 32.2. The molecule has 1 atom stereocenters. The fourth-order valence-corrected chi connectivity index (χ4v) is 3.82. The number of methoxy groups -OCH3 is 1. The van der Waals surface area contributed by atoms with Crippen molar-refractivity contribution in [3.05, 3.63) is 41.7 Å². The minimum Gasteiger partial charge on any atom is -0.383 e. The number of carbonyl (C=O) groups is 1. The molecular weight excluding hydrogens is 390 g/mol. The highest BCUT2D eigenvalue weighted by Crippen LogP contribution is 2.29. The Morgan fingerprint density at radius 3 is 2.79 bits per heavy atom. The summed E-state index contributed by atoms with van der Waals surface area (Å²) in [6.45, 7) is 6.89. The summed E-state index contributed by atoms with van der Waals surface area (Å²) in [6, 6.07) is 9.80. The van der Waals surface area contributed by atoms with Gasteiger partial charge >= 0.3 is 0 Å². The van der Waals surface area contributed by atoms with E-state index in [-0.39, 0.29) is 11.2 Å². The predicted octanol–water partition coefficient (Wildman–Crippen LogP) is 3.71. The van der Waals surface area contributed by atoms with Crippen molar-refractivity contribution in [3.63, 3.8) is 0 Å². The second-order valence-electron chi connectivity index (χ2n) is 6.65. The molecule has 0 bridgehead atoms. The van der Waals surface area contributed by atoms with Crippen LogP contribution >= 0.6 is 11.8 Å². The number of rotatable bonds is 9. The molecule has 0 aliphatic heterocycles. The highest BCUT2D eigenvalue weighted by molar-refractivity contribution is 8.00. The minimum absolute atomic E-state index is 0.149. The number of hydrogen-bond acceptors (Lipinski definition) is 7. The van der Waals surface area contributed by atoms with Gasteiger partial charge in [0.25, 0.3) is 0 Å². The van der Waals surface area contributed by atoms with E-state index in [0.717, 1.165) is 17.0 Å². The first kappa shape index (κ1) is 21.1. The molecule has 3 aromatic rings. The molecule has 1 N–H and O–H groups in total. The summed E-state index contributed by atoms with van der Waals surface area (Å²) in [5.41, 5.74) is 2.13. The van der Waals surface area contributed by atoms with Gasteiger partial charge in [0.05, 0.1) is 18.4 Å². The molecule has 9 heteroatoms. The number of hydrogen-bond donors (Lipinski definition) is 1. The summed E-state index contributed by atoms with van der Waals surface area (Å²) in [6.07, 6.45) is 0.629. The molecule has 2 heterocycles. The second-order valence-corrected chi connectivity index (χ2v) is 7.82. The highest BCUT2D eigenvalue weighted by Gasteiger charge is 2.24. The Kier molecular flexibility index (Phi) is 7.05. The first-order chi connectivity index (χ1) is 14.0. The molecule has 2 aromatic heterocycles. The smallest absolute Gasteiger partial charge is 0.239 e. The summed E-state index contributed by atoms with van der Waals surface area (Å²) in [5, 5.41) is 15.7. The van der Waals surface area contributed by atoms with Crippen LogP contribution in [0.5, 0.6) is 0 Å². The largest absolute Gasteiger partial charge is 0.383 e. The normalized spacial score (nSPS) is 12.1. The number of benzene rings is 1. The third kappa shape index (κ3) is 5.24. The maximum Gasteiger partial charge on any atom is 0.239 e. The number of ether oxygens (including phenoxy) is 1. The quantitative estimate of drug-likeness (QED) is 0.532. The summed E-state index contributed by atoms with van der Waals surface area (Å²) in [4.78, 5) is 12.7. The van der Waals surface area contributed by atoms with E-state index in [4.69, 9.17) is 9.26 Å². The van der Waals surface area contributed by atoms with Gasteiger partial charge in [-0.05, 0) is 26.3 Å². The van der Waals surface area contributed by atoms with Crippen molar-refractivity contribution in [3.8, 4) is 11.4 Å². The van der Waals surface area contributed by atoms with Gasteiger partial charge in [-0.3, -0.25) is 9.36 Å². The first-order valence-electron chi connectivity index (χ1n) is 9.41. The SMILES string of the molecule is CCC(Sc1nnc(-c2cccc(C)c2)n1CCOC)C(=O)Nc1cc(C)on1. The van der Waals surface area contributed by atoms with Gasteiger partial charge in [-0.1, -0.05) is 47.6 Å². The average Bonchev–Trinajstić information content (AvgIpc) is 3.29. The van der Waals surface area contributed by atoms with Gasteiger partial charge in [-0.25, -0.2) is 0 Å². The summed E-state index contributed by atoms with van der Waals surface area (Å²) in [7, 11) is 1.66. The van der Waals surface area contributed by atoms with Gasteiger partial charge in [0.1, 0.15) is 5.76 Å². The molecule has 0 aliphatic carbocycles. The van der Waals surface area contributed by atoms with Crippen LogP contribution in [0.1, 0.15) is 24.7 Å². The Hall–Kier alpha value is -2.65. The van der Waals surface area contributed by atoms with Crippen molar-refractivity contribution in [2.45, 2.75) is 44.1 Å².